The number of Topliss-reactive ketones (excluding diaryl/α,β-unsaturated/α-hetero) is 1. The topological polar surface area (TPSA) is 72.5 Å². The van der Waals surface area contributed by atoms with E-state index in [9.17, 15) is 14.4 Å². The number of esters is 1. The fourth-order valence-corrected chi connectivity index (χ4v) is 3.83. The Labute approximate surface area is 203 Å². The number of rotatable bonds is 9. The van der Waals surface area contributed by atoms with Gasteiger partial charge >= 0.3 is 5.97 Å². The quantitative estimate of drug-likeness (QED) is 0.255. The third-order valence-electron chi connectivity index (χ3n) is 4.27. The fourth-order valence-electron chi connectivity index (χ4n) is 2.62. The van der Waals surface area contributed by atoms with Crippen LogP contribution < -0.4 is 5.32 Å². The summed E-state index contributed by atoms with van der Waals surface area (Å²) in [6.45, 7) is -0.352. The van der Waals surface area contributed by atoms with Crippen molar-refractivity contribution in [3.8, 4) is 0 Å². The average Bonchev–Trinajstić information content (AvgIpc) is 2.79. The van der Waals surface area contributed by atoms with E-state index in [-0.39, 0.29) is 31.1 Å². The lowest BCUT2D eigenvalue weighted by Gasteiger charge is -2.07. The third-order valence-corrected chi connectivity index (χ3v) is 6.07. The van der Waals surface area contributed by atoms with Gasteiger partial charge in [0, 0.05) is 37.0 Å². The Morgan fingerprint density at radius 3 is 2.06 bits per heavy atom. The molecule has 32 heavy (non-hydrogen) atoms. The van der Waals surface area contributed by atoms with Gasteiger partial charge in [0.05, 0.1) is 6.42 Å². The molecule has 0 atom stereocenters. The van der Waals surface area contributed by atoms with Crippen molar-refractivity contribution >= 4 is 62.6 Å². The van der Waals surface area contributed by atoms with E-state index in [2.05, 4.69) is 21.2 Å². The van der Waals surface area contributed by atoms with E-state index >= 15 is 0 Å². The maximum absolute atomic E-state index is 12.1. The van der Waals surface area contributed by atoms with Crippen molar-refractivity contribution in [1.82, 2.24) is 0 Å². The predicted molar refractivity (Wildman–Crippen MR) is 129 cm³/mol. The van der Waals surface area contributed by atoms with E-state index in [0.29, 0.717) is 16.3 Å². The molecule has 0 aliphatic carbocycles. The summed E-state index contributed by atoms with van der Waals surface area (Å²) in [5.74, 6) is -1.20. The summed E-state index contributed by atoms with van der Waals surface area (Å²) in [6.07, 6.45) is -0.142. The van der Waals surface area contributed by atoms with Crippen LogP contribution in [0.1, 0.15) is 23.2 Å². The number of anilines is 1. The molecular weight excluding hydrogens is 514 g/mol. The summed E-state index contributed by atoms with van der Waals surface area (Å²) >= 11 is 10.8. The maximum Gasteiger partial charge on any atom is 0.306 e. The van der Waals surface area contributed by atoms with Crippen LogP contribution in [-0.4, -0.2) is 24.3 Å². The molecule has 1 amide bonds. The summed E-state index contributed by atoms with van der Waals surface area (Å²) < 4.78 is 5.83. The molecule has 0 saturated heterocycles. The Morgan fingerprint density at radius 1 is 0.844 bits per heavy atom. The summed E-state index contributed by atoms with van der Waals surface area (Å²) in [5, 5.41) is 3.43. The van der Waals surface area contributed by atoms with Crippen LogP contribution in [-0.2, 0) is 14.3 Å². The van der Waals surface area contributed by atoms with Gasteiger partial charge in [-0.2, -0.15) is 0 Å². The molecule has 3 aromatic carbocycles. The molecule has 0 unspecified atom stereocenters. The lowest BCUT2D eigenvalue weighted by atomic mass is 10.1. The molecule has 8 heteroatoms. The van der Waals surface area contributed by atoms with Crippen LogP contribution in [0.5, 0.6) is 0 Å². The standard InChI is InChI=1S/C24H19BrClNO4S/c25-17-3-1-16(2-4-17)22(28)15-31-24(30)14-13-23(29)27-19-7-11-21(12-8-19)32-20-9-5-18(26)6-10-20/h1-12H,13-15H2,(H,27,29). The minimum atomic E-state index is -0.597. The summed E-state index contributed by atoms with van der Waals surface area (Å²) in [4.78, 5) is 38.1. The third kappa shape index (κ3) is 7.82. The highest BCUT2D eigenvalue weighted by atomic mass is 79.9. The lowest BCUT2D eigenvalue weighted by Crippen LogP contribution is -2.17. The smallest absolute Gasteiger partial charge is 0.306 e. The molecule has 0 bridgehead atoms. The van der Waals surface area contributed by atoms with Crippen molar-refractivity contribution in [2.45, 2.75) is 22.6 Å². The monoisotopic (exact) mass is 531 g/mol. The highest BCUT2D eigenvalue weighted by Gasteiger charge is 2.12. The van der Waals surface area contributed by atoms with E-state index < -0.39 is 5.97 Å². The van der Waals surface area contributed by atoms with Gasteiger partial charge in [-0.1, -0.05) is 51.4 Å². The Kier molecular flexibility index (Phi) is 8.90. The molecular formula is C24H19BrClNO4S. The van der Waals surface area contributed by atoms with E-state index in [1.165, 1.54) is 0 Å². The van der Waals surface area contributed by atoms with Crippen LogP contribution in [0.3, 0.4) is 0 Å². The molecule has 0 fully saturated rings. The van der Waals surface area contributed by atoms with Crippen molar-refractivity contribution in [2.75, 3.05) is 11.9 Å². The number of halogens is 2. The number of amides is 1. The van der Waals surface area contributed by atoms with E-state index in [1.54, 1.807) is 48.2 Å². The van der Waals surface area contributed by atoms with Gasteiger partial charge in [0.15, 0.2) is 12.4 Å². The molecule has 0 aromatic heterocycles. The first-order valence-corrected chi connectivity index (χ1v) is 11.7. The van der Waals surface area contributed by atoms with Crippen molar-refractivity contribution < 1.29 is 19.1 Å². The summed E-state index contributed by atoms with van der Waals surface area (Å²) in [6, 6.07) is 21.7. The number of ketones is 1. The van der Waals surface area contributed by atoms with Gasteiger partial charge in [-0.25, -0.2) is 0 Å². The summed E-state index contributed by atoms with van der Waals surface area (Å²) in [7, 11) is 0. The van der Waals surface area contributed by atoms with Gasteiger partial charge < -0.3 is 10.1 Å². The normalized spacial score (nSPS) is 10.4. The first-order chi connectivity index (χ1) is 15.4. The van der Waals surface area contributed by atoms with Crippen molar-refractivity contribution in [3.63, 3.8) is 0 Å². The van der Waals surface area contributed by atoms with Crippen LogP contribution >= 0.6 is 39.3 Å². The number of nitrogens with one attached hydrogen (secondary N) is 1. The lowest BCUT2D eigenvalue weighted by molar-refractivity contribution is -0.143. The van der Waals surface area contributed by atoms with Crippen molar-refractivity contribution in [2.24, 2.45) is 0 Å². The van der Waals surface area contributed by atoms with Gasteiger partial charge in [0.25, 0.3) is 0 Å². The predicted octanol–water partition coefficient (Wildman–Crippen LogP) is 6.40. The first kappa shape index (κ1) is 24.0. The van der Waals surface area contributed by atoms with Crippen LogP contribution in [0.2, 0.25) is 5.02 Å². The molecule has 0 aliphatic heterocycles. The SMILES string of the molecule is O=C(CCC(=O)OCC(=O)c1ccc(Br)cc1)Nc1ccc(Sc2ccc(Cl)cc2)cc1. The molecule has 3 rings (SSSR count). The Bertz CT molecular complexity index is 1090. The van der Waals surface area contributed by atoms with Crippen LogP contribution in [0.25, 0.3) is 0 Å². The van der Waals surface area contributed by atoms with Gasteiger partial charge in [-0.3, -0.25) is 14.4 Å². The highest BCUT2D eigenvalue weighted by molar-refractivity contribution is 9.10. The Hall–Kier alpha value is -2.61. The largest absolute Gasteiger partial charge is 0.457 e. The minimum absolute atomic E-state index is 0.0351. The molecule has 0 spiro atoms. The Morgan fingerprint density at radius 2 is 1.44 bits per heavy atom. The molecule has 1 N–H and O–H groups in total. The number of hydrogen-bond acceptors (Lipinski definition) is 5. The van der Waals surface area contributed by atoms with Crippen LogP contribution in [0.15, 0.2) is 87.1 Å². The zero-order valence-electron chi connectivity index (χ0n) is 16.8. The minimum Gasteiger partial charge on any atom is -0.457 e. The zero-order valence-corrected chi connectivity index (χ0v) is 20.0. The van der Waals surface area contributed by atoms with Gasteiger partial charge in [-0.05, 0) is 60.7 Å². The number of carbonyl (C=O) groups is 3. The van der Waals surface area contributed by atoms with Crippen molar-refractivity contribution in [1.29, 1.82) is 0 Å². The van der Waals surface area contributed by atoms with Gasteiger partial charge in [0.1, 0.15) is 0 Å². The average molecular weight is 533 g/mol. The van der Waals surface area contributed by atoms with Crippen molar-refractivity contribution in [3.05, 3.63) is 87.9 Å². The second-order valence-electron chi connectivity index (χ2n) is 6.72. The maximum atomic E-state index is 12.1. The Balaban J connectivity index is 1.39. The zero-order chi connectivity index (χ0) is 22.9. The van der Waals surface area contributed by atoms with Gasteiger partial charge in [0.2, 0.25) is 5.91 Å². The molecule has 0 heterocycles. The molecule has 0 radical (unpaired) electrons. The number of carbonyl (C=O) groups excluding carboxylic acids is 3. The second kappa shape index (κ2) is 11.9. The number of benzene rings is 3. The van der Waals surface area contributed by atoms with E-state index in [1.807, 2.05) is 36.4 Å². The molecule has 164 valence electrons. The highest BCUT2D eigenvalue weighted by Crippen LogP contribution is 2.29. The van der Waals surface area contributed by atoms with E-state index in [4.69, 9.17) is 16.3 Å². The number of hydrogen-bond donors (Lipinski definition) is 1. The summed E-state index contributed by atoms with van der Waals surface area (Å²) in [5.41, 5.74) is 1.09. The fraction of sp³-hybridized carbons (Fsp3) is 0.125. The van der Waals surface area contributed by atoms with E-state index in [0.717, 1.165) is 14.3 Å². The number of ether oxygens (including phenoxy) is 1. The molecule has 0 aliphatic rings. The second-order valence-corrected chi connectivity index (χ2v) is 9.22. The molecule has 3 aromatic rings. The molecule has 5 nitrogen and oxygen atoms in total. The first-order valence-electron chi connectivity index (χ1n) is 9.67. The molecule has 0 saturated carbocycles. The van der Waals surface area contributed by atoms with Crippen LogP contribution in [0, 0.1) is 0 Å². The van der Waals surface area contributed by atoms with Gasteiger partial charge in [-0.15, -0.1) is 0 Å². The van der Waals surface area contributed by atoms with Crippen LogP contribution in [0.4, 0.5) is 5.69 Å².